The molecule has 6 heteroatoms. The summed E-state index contributed by atoms with van der Waals surface area (Å²) in [6.45, 7) is 4.53. The van der Waals surface area contributed by atoms with Crippen molar-refractivity contribution in [1.82, 2.24) is 0 Å². The van der Waals surface area contributed by atoms with Gasteiger partial charge >= 0.3 is 0 Å². The van der Waals surface area contributed by atoms with Gasteiger partial charge in [-0.05, 0) is 44.8 Å². The Morgan fingerprint density at radius 2 is 1.24 bits per heavy atom. The molecule has 0 aliphatic rings. The Morgan fingerprint density at radius 3 is 1.43 bits per heavy atom. The van der Waals surface area contributed by atoms with Crippen LogP contribution in [-0.4, -0.2) is 28.8 Å². The van der Waals surface area contributed by atoms with E-state index in [-0.39, 0.29) is 18.6 Å². The fraction of sp³-hybridized carbons (Fsp3) is 0.467. The number of halogens is 2. The molecule has 2 nitrogen and oxygen atoms in total. The minimum Gasteiger partial charge on any atom is -0.396 e. The van der Waals surface area contributed by atoms with Crippen molar-refractivity contribution in [2.75, 3.05) is 18.6 Å². The molecule has 2 aromatic rings. The van der Waals surface area contributed by atoms with Gasteiger partial charge in [0.25, 0.3) is 0 Å². The van der Waals surface area contributed by atoms with Crippen molar-refractivity contribution in [2.45, 2.75) is 25.7 Å². The third-order valence-corrected chi connectivity index (χ3v) is 4.18. The number of rotatable bonds is 4. The number of hydrogen-bond acceptors (Lipinski definition) is 4. The summed E-state index contributed by atoms with van der Waals surface area (Å²) >= 11 is 12.9. The molecule has 2 N–H and O–H groups in total. The lowest BCUT2D eigenvalue weighted by Crippen LogP contribution is -1.95. The summed E-state index contributed by atoms with van der Waals surface area (Å²) in [6, 6.07) is 4.09. The van der Waals surface area contributed by atoms with Crippen LogP contribution in [0.5, 0.6) is 0 Å². The Labute approximate surface area is 145 Å². The summed E-state index contributed by atoms with van der Waals surface area (Å²) in [7, 11) is 0. The molecule has 0 saturated carbocycles. The van der Waals surface area contributed by atoms with Gasteiger partial charge in [0.2, 0.25) is 0 Å². The highest BCUT2D eigenvalue weighted by molar-refractivity contribution is 7.08. The van der Waals surface area contributed by atoms with Gasteiger partial charge < -0.3 is 10.2 Å². The second-order valence-corrected chi connectivity index (χ2v) is 6.75. The molecule has 0 spiro atoms. The zero-order valence-corrected chi connectivity index (χ0v) is 15.4. The minimum atomic E-state index is 0.194. The van der Waals surface area contributed by atoms with Gasteiger partial charge in [0.15, 0.2) is 0 Å². The first kappa shape index (κ1) is 20.9. The van der Waals surface area contributed by atoms with Gasteiger partial charge in [-0.15, -0.1) is 23.2 Å². The number of aliphatic hydroxyl groups excluding tert-OH is 2. The van der Waals surface area contributed by atoms with E-state index in [0.717, 1.165) is 0 Å². The number of hydrogen-bond donors (Lipinski definition) is 2. The van der Waals surface area contributed by atoms with Crippen molar-refractivity contribution < 1.29 is 10.2 Å². The van der Waals surface area contributed by atoms with Crippen molar-refractivity contribution in [2.24, 2.45) is 0 Å². The highest BCUT2D eigenvalue weighted by Crippen LogP contribution is 2.17. The Morgan fingerprint density at radius 1 is 0.905 bits per heavy atom. The molecule has 0 bridgehead atoms. The summed E-state index contributed by atoms with van der Waals surface area (Å²) in [4.78, 5) is 0. The van der Waals surface area contributed by atoms with Crippen LogP contribution in [-0.2, 0) is 0 Å². The molecule has 21 heavy (non-hydrogen) atoms. The van der Waals surface area contributed by atoms with E-state index in [4.69, 9.17) is 33.4 Å². The highest BCUT2D eigenvalue weighted by Gasteiger charge is 2.02. The molecule has 0 aliphatic carbocycles. The van der Waals surface area contributed by atoms with Crippen molar-refractivity contribution >= 4 is 45.9 Å². The van der Waals surface area contributed by atoms with E-state index in [1.54, 1.807) is 22.7 Å². The van der Waals surface area contributed by atoms with Gasteiger partial charge in [0.05, 0.1) is 5.34 Å². The van der Waals surface area contributed by atoms with Crippen molar-refractivity contribution in [3.63, 3.8) is 0 Å². The summed E-state index contributed by atoms with van der Waals surface area (Å²) in [5.41, 5.74) is 2.48. The molecule has 2 aromatic heterocycles. The minimum absolute atomic E-state index is 0.194. The zero-order valence-electron chi connectivity index (χ0n) is 12.2. The molecule has 120 valence electrons. The molecule has 2 atom stereocenters. The molecule has 2 rings (SSSR count). The fourth-order valence-corrected chi connectivity index (χ4v) is 2.89. The van der Waals surface area contributed by atoms with Gasteiger partial charge in [-0.25, -0.2) is 0 Å². The number of alkyl halides is 2. The Balaban J connectivity index is 0.000000322. The van der Waals surface area contributed by atoms with Crippen molar-refractivity contribution in [3.05, 3.63) is 44.8 Å². The molecular formula is C15H22Cl2O2S2. The van der Waals surface area contributed by atoms with E-state index in [9.17, 15) is 0 Å². The first-order valence-electron chi connectivity index (χ1n) is 6.48. The maximum Gasteiger partial charge on any atom is 0.0967 e. The first-order chi connectivity index (χ1) is 10.1. The molecule has 0 radical (unpaired) electrons. The van der Waals surface area contributed by atoms with E-state index in [1.165, 1.54) is 11.1 Å². The quantitative estimate of drug-likeness (QED) is 0.736. The molecule has 0 aromatic carbocycles. The largest absolute Gasteiger partial charge is 0.396 e. The van der Waals surface area contributed by atoms with Crippen LogP contribution in [0.1, 0.15) is 36.8 Å². The zero-order chi connectivity index (χ0) is 16.1. The molecule has 0 amide bonds. The number of aliphatic hydroxyl groups is 2. The maximum absolute atomic E-state index is 8.71. The van der Waals surface area contributed by atoms with Crippen LogP contribution in [0.4, 0.5) is 0 Å². The Hall–Kier alpha value is -0.100. The van der Waals surface area contributed by atoms with Gasteiger partial charge in [0.1, 0.15) is 0 Å². The smallest absolute Gasteiger partial charge is 0.0967 e. The van der Waals surface area contributed by atoms with Crippen LogP contribution in [0.15, 0.2) is 33.7 Å². The van der Waals surface area contributed by atoms with Crippen LogP contribution in [0.25, 0.3) is 0 Å². The predicted octanol–water partition coefficient (Wildman–Crippen LogP) is 5.11. The van der Waals surface area contributed by atoms with E-state index >= 15 is 0 Å². The molecule has 2 unspecified atom stereocenters. The predicted molar refractivity (Wildman–Crippen MR) is 96.2 cm³/mol. The summed E-state index contributed by atoms with van der Waals surface area (Å²) in [5.74, 6) is 0.604. The molecule has 0 saturated heterocycles. The average molecular weight is 369 g/mol. The second-order valence-electron chi connectivity index (χ2n) is 4.38. The third kappa shape index (κ3) is 9.51. The lowest BCUT2D eigenvalue weighted by Gasteiger charge is -2.01. The van der Waals surface area contributed by atoms with Gasteiger partial charge in [-0.3, -0.25) is 0 Å². The van der Waals surface area contributed by atoms with Crippen molar-refractivity contribution in [1.29, 1.82) is 0 Å². The van der Waals surface area contributed by atoms with Gasteiger partial charge in [0, 0.05) is 25.0 Å². The fourth-order valence-electron chi connectivity index (χ4n) is 1.32. The van der Waals surface area contributed by atoms with Crippen molar-refractivity contribution in [3.8, 4) is 0 Å². The topological polar surface area (TPSA) is 40.5 Å². The van der Waals surface area contributed by atoms with Gasteiger partial charge in [-0.1, -0.05) is 13.8 Å². The summed E-state index contributed by atoms with van der Waals surface area (Å²) in [5, 5.41) is 25.8. The van der Waals surface area contributed by atoms with E-state index in [0.29, 0.717) is 11.8 Å². The van der Waals surface area contributed by atoms with E-state index < -0.39 is 0 Å². The van der Waals surface area contributed by atoms with Crippen LogP contribution < -0.4 is 0 Å². The summed E-state index contributed by atoms with van der Waals surface area (Å²) in [6.07, 6.45) is 0. The number of thiophene rings is 2. The summed E-state index contributed by atoms with van der Waals surface area (Å²) < 4.78 is 0. The monoisotopic (exact) mass is 368 g/mol. The highest BCUT2D eigenvalue weighted by atomic mass is 35.5. The average Bonchev–Trinajstić information content (AvgIpc) is 3.19. The van der Waals surface area contributed by atoms with E-state index in [1.807, 2.05) is 36.7 Å². The van der Waals surface area contributed by atoms with Crippen LogP contribution >= 0.6 is 45.9 Å². The Bertz CT molecular complexity index is 379. The van der Waals surface area contributed by atoms with Crippen LogP contribution in [0.2, 0.25) is 0 Å². The van der Waals surface area contributed by atoms with Crippen LogP contribution in [0.3, 0.4) is 0 Å². The SMILES string of the molecule is CC(CO)c1ccsc1.CC(CO)c1ccsc1.ClCCl. The molecule has 0 fully saturated rings. The normalized spacial score (nSPS) is 12.5. The maximum atomic E-state index is 8.71. The third-order valence-electron chi connectivity index (χ3n) is 2.77. The van der Waals surface area contributed by atoms with Crippen LogP contribution in [0, 0.1) is 0 Å². The molecule has 2 heterocycles. The molecule has 0 aliphatic heterocycles. The van der Waals surface area contributed by atoms with E-state index in [2.05, 4.69) is 10.8 Å². The Kier molecular flexibility index (Phi) is 13.5. The first-order valence-corrected chi connectivity index (χ1v) is 9.43. The van der Waals surface area contributed by atoms with Gasteiger partial charge in [-0.2, -0.15) is 22.7 Å². The standard InChI is InChI=1S/2C7H10OS.CH2Cl2/c2*1-6(4-8)7-2-3-9-5-7;2-1-3/h2*2-3,5-6,8H,4H2,1H3;1H2. The molecular weight excluding hydrogens is 347 g/mol. The lowest BCUT2D eigenvalue weighted by atomic mass is 10.1. The second kappa shape index (κ2) is 13.6. The lowest BCUT2D eigenvalue weighted by molar-refractivity contribution is 0.273.